The topological polar surface area (TPSA) is 47.6 Å². The minimum absolute atomic E-state index is 0.0516. The zero-order chi connectivity index (χ0) is 11.5. The fourth-order valence-electron chi connectivity index (χ4n) is 1.10. The maximum absolute atomic E-state index is 12.9. The van der Waals surface area contributed by atoms with Crippen LogP contribution in [0.4, 0.5) is 8.78 Å². The molecule has 0 aliphatic carbocycles. The van der Waals surface area contributed by atoms with Gasteiger partial charge in [0.05, 0.1) is 24.1 Å². The van der Waals surface area contributed by atoms with Crippen LogP contribution in [0.15, 0.2) is 18.2 Å². The molecule has 0 aliphatic heterocycles. The van der Waals surface area contributed by atoms with E-state index in [1.54, 1.807) is 6.07 Å². The van der Waals surface area contributed by atoms with Crippen molar-refractivity contribution in [3.05, 3.63) is 34.9 Å². The van der Waals surface area contributed by atoms with E-state index in [9.17, 15) is 8.78 Å². The molecule has 0 aliphatic rings. The third-order valence-electron chi connectivity index (χ3n) is 1.83. The first-order chi connectivity index (χ1) is 6.99. The molecule has 0 N–H and O–H groups in total. The van der Waals surface area contributed by atoms with E-state index in [1.165, 1.54) is 12.1 Å². The summed E-state index contributed by atoms with van der Waals surface area (Å²) in [6.45, 7) is 0. The van der Waals surface area contributed by atoms with Gasteiger partial charge in [-0.1, -0.05) is 12.1 Å². The van der Waals surface area contributed by atoms with Crippen LogP contribution in [0.25, 0.3) is 0 Å². The number of benzene rings is 1. The van der Waals surface area contributed by atoms with E-state index in [1.807, 2.05) is 6.07 Å². The van der Waals surface area contributed by atoms with E-state index in [0.717, 1.165) is 28.7 Å². The molecule has 0 saturated heterocycles. The molecule has 1 aromatic carbocycles. The first-order valence-corrected chi connectivity index (χ1v) is 5.04. The average Bonchev–Trinajstić information content (AvgIpc) is 2.17. The Bertz CT molecular complexity index is 452. The Balaban J connectivity index is 3.22. The summed E-state index contributed by atoms with van der Waals surface area (Å²) in [6.07, 6.45) is 0.0516. The molecule has 0 atom stereocenters. The zero-order valence-electron chi connectivity index (χ0n) is 7.47. The Labute approximate surface area is 99.3 Å². The second kappa shape index (κ2) is 4.54. The molecular weight excluding hydrogens is 313 g/mol. The van der Waals surface area contributed by atoms with Crippen molar-refractivity contribution in [2.24, 2.45) is 0 Å². The minimum atomic E-state index is -2.99. The number of alkyl halides is 3. The van der Waals surface area contributed by atoms with E-state index >= 15 is 0 Å². The fourth-order valence-corrected chi connectivity index (χ4v) is 1.43. The first-order valence-electron chi connectivity index (χ1n) is 3.96. The Kier molecular flexibility index (Phi) is 3.59. The van der Waals surface area contributed by atoms with Gasteiger partial charge in [-0.2, -0.15) is 19.3 Å². The summed E-state index contributed by atoms with van der Waals surface area (Å²) in [6, 6.07) is 7.43. The fraction of sp³-hybridized carbons (Fsp3) is 0.200. The van der Waals surface area contributed by atoms with Gasteiger partial charge in [0.1, 0.15) is 0 Å². The molecule has 0 aromatic heterocycles. The Morgan fingerprint density at radius 3 is 2.47 bits per heavy atom. The van der Waals surface area contributed by atoms with Gasteiger partial charge < -0.3 is 0 Å². The SMILES string of the molecule is N#CCc1ccc(C(F)(F)I)cc1C#N. The summed E-state index contributed by atoms with van der Waals surface area (Å²) in [4.78, 5) is 0. The summed E-state index contributed by atoms with van der Waals surface area (Å²) >= 11 is 1.00. The van der Waals surface area contributed by atoms with Crippen molar-refractivity contribution in [1.29, 1.82) is 10.5 Å². The maximum Gasteiger partial charge on any atom is 0.321 e. The highest BCUT2D eigenvalue weighted by atomic mass is 127. The van der Waals surface area contributed by atoms with Gasteiger partial charge in [0.25, 0.3) is 0 Å². The Morgan fingerprint density at radius 2 is 2.00 bits per heavy atom. The molecule has 0 radical (unpaired) electrons. The molecule has 0 saturated carbocycles. The van der Waals surface area contributed by atoms with Gasteiger partial charge in [-0.15, -0.1) is 0 Å². The Hall–Kier alpha value is -1.21. The van der Waals surface area contributed by atoms with Crippen LogP contribution in [0.1, 0.15) is 16.7 Å². The normalized spacial score (nSPS) is 10.5. The van der Waals surface area contributed by atoms with Crippen LogP contribution in [0, 0.1) is 22.7 Å². The zero-order valence-corrected chi connectivity index (χ0v) is 9.62. The highest BCUT2D eigenvalue weighted by Crippen LogP contribution is 2.35. The highest BCUT2D eigenvalue weighted by Gasteiger charge is 2.27. The standard InChI is InChI=1S/C10H5F2IN2/c11-10(12,13)9-2-1-7(3-4-14)8(5-9)6-15/h1-2,5H,3H2. The molecule has 0 fully saturated rings. The van der Waals surface area contributed by atoms with Crippen molar-refractivity contribution in [2.75, 3.05) is 0 Å². The lowest BCUT2D eigenvalue weighted by molar-refractivity contribution is 0.127. The molecule has 1 rings (SSSR count). The molecule has 5 heteroatoms. The number of halogens is 3. The van der Waals surface area contributed by atoms with Crippen molar-refractivity contribution < 1.29 is 8.78 Å². The minimum Gasteiger partial charge on any atom is -0.198 e. The third kappa shape index (κ3) is 2.87. The van der Waals surface area contributed by atoms with Gasteiger partial charge in [0, 0.05) is 28.2 Å². The van der Waals surface area contributed by atoms with Gasteiger partial charge in [-0.25, -0.2) is 0 Å². The van der Waals surface area contributed by atoms with Crippen molar-refractivity contribution >= 4 is 22.6 Å². The van der Waals surface area contributed by atoms with Crippen molar-refractivity contribution in [2.45, 2.75) is 10.4 Å². The maximum atomic E-state index is 12.9. The van der Waals surface area contributed by atoms with E-state index in [0.29, 0.717) is 5.56 Å². The predicted octanol–water partition coefficient (Wildman–Crippen LogP) is 3.11. The van der Waals surface area contributed by atoms with Crippen molar-refractivity contribution in [3.63, 3.8) is 0 Å². The second-order valence-corrected chi connectivity index (χ2v) is 4.17. The molecular formula is C10H5F2IN2. The lowest BCUT2D eigenvalue weighted by atomic mass is 10.0. The summed E-state index contributed by atoms with van der Waals surface area (Å²) in [5.41, 5.74) is 0.385. The molecule has 2 nitrogen and oxygen atoms in total. The lowest BCUT2D eigenvalue weighted by Gasteiger charge is -2.09. The van der Waals surface area contributed by atoms with E-state index in [2.05, 4.69) is 0 Å². The predicted molar refractivity (Wildman–Crippen MR) is 58.4 cm³/mol. The number of hydrogen-bond acceptors (Lipinski definition) is 2. The molecule has 1 aromatic rings. The number of nitrogens with zero attached hydrogens (tertiary/aromatic N) is 2. The summed E-state index contributed by atoms with van der Waals surface area (Å²) < 4.78 is 22.8. The van der Waals surface area contributed by atoms with E-state index < -0.39 is 3.93 Å². The number of hydrogen-bond donors (Lipinski definition) is 0. The number of rotatable bonds is 2. The molecule has 0 spiro atoms. The summed E-state index contributed by atoms with van der Waals surface area (Å²) in [7, 11) is 0. The highest BCUT2D eigenvalue weighted by molar-refractivity contribution is 14.1. The quantitative estimate of drug-likeness (QED) is 0.621. The average molecular weight is 318 g/mol. The van der Waals surface area contributed by atoms with Crippen molar-refractivity contribution in [1.82, 2.24) is 0 Å². The molecule has 0 amide bonds. The molecule has 76 valence electrons. The third-order valence-corrected chi connectivity index (χ3v) is 2.45. The van der Waals surface area contributed by atoms with Crippen LogP contribution in [-0.2, 0) is 10.4 Å². The molecule has 0 heterocycles. The van der Waals surface area contributed by atoms with Gasteiger partial charge in [-0.3, -0.25) is 0 Å². The molecule has 15 heavy (non-hydrogen) atoms. The van der Waals surface area contributed by atoms with Crippen LogP contribution in [-0.4, -0.2) is 0 Å². The van der Waals surface area contributed by atoms with Crippen LogP contribution >= 0.6 is 22.6 Å². The van der Waals surface area contributed by atoms with Crippen LogP contribution < -0.4 is 0 Å². The van der Waals surface area contributed by atoms with Crippen LogP contribution in [0.3, 0.4) is 0 Å². The lowest BCUT2D eigenvalue weighted by Crippen LogP contribution is -2.03. The first kappa shape index (κ1) is 11.9. The Morgan fingerprint density at radius 1 is 1.33 bits per heavy atom. The van der Waals surface area contributed by atoms with Crippen molar-refractivity contribution in [3.8, 4) is 12.1 Å². The number of nitriles is 2. The van der Waals surface area contributed by atoms with Crippen LogP contribution in [0.5, 0.6) is 0 Å². The van der Waals surface area contributed by atoms with E-state index in [4.69, 9.17) is 10.5 Å². The van der Waals surface area contributed by atoms with Crippen LogP contribution in [0.2, 0.25) is 0 Å². The van der Waals surface area contributed by atoms with Gasteiger partial charge >= 0.3 is 3.93 Å². The monoisotopic (exact) mass is 318 g/mol. The summed E-state index contributed by atoms with van der Waals surface area (Å²) in [5.74, 6) is 0. The van der Waals surface area contributed by atoms with Gasteiger partial charge in [0.2, 0.25) is 0 Å². The molecule has 0 bridgehead atoms. The van der Waals surface area contributed by atoms with E-state index in [-0.39, 0.29) is 17.5 Å². The molecule has 0 unspecified atom stereocenters. The second-order valence-electron chi connectivity index (χ2n) is 2.82. The largest absolute Gasteiger partial charge is 0.321 e. The van der Waals surface area contributed by atoms with Gasteiger partial charge in [-0.05, 0) is 11.6 Å². The smallest absolute Gasteiger partial charge is 0.198 e. The summed E-state index contributed by atoms with van der Waals surface area (Å²) in [5, 5.41) is 17.2. The van der Waals surface area contributed by atoms with Gasteiger partial charge in [0.15, 0.2) is 0 Å².